The van der Waals surface area contributed by atoms with Gasteiger partial charge in [-0.1, -0.05) is 20.8 Å². The largest absolute Gasteiger partial charge is 0.355 e. The van der Waals surface area contributed by atoms with Crippen LogP contribution in [-0.2, 0) is 4.79 Å². The van der Waals surface area contributed by atoms with Crippen molar-refractivity contribution in [3.05, 3.63) is 0 Å². The van der Waals surface area contributed by atoms with E-state index in [0.29, 0.717) is 12.4 Å². The van der Waals surface area contributed by atoms with Crippen molar-refractivity contribution in [2.45, 2.75) is 20.8 Å². The van der Waals surface area contributed by atoms with Gasteiger partial charge in [-0.2, -0.15) is 0 Å². The molecule has 0 bridgehead atoms. The van der Waals surface area contributed by atoms with Gasteiger partial charge < -0.3 is 10.2 Å². The first kappa shape index (κ1) is 13.7. The zero-order chi connectivity index (χ0) is 11.0. The summed E-state index contributed by atoms with van der Waals surface area (Å²) in [5.74, 6) is 0.345. The van der Waals surface area contributed by atoms with Crippen molar-refractivity contribution in [2.75, 3.05) is 32.1 Å². The molecule has 0 aliphatic carbocycles. The van der Waals surface area contributed by atoms with Crippen molar-refractivity contribution in [2.24, 2.45) is 5.92 Å². The number of rotatable bonds is 7. The number of nitrogens with zero attached hydrogens (tertiary/aromatic N) is 1. The van der Waals surface area contributed by atoms with Crippen LogP contribution in [0.25, 0.3) is 0 Å². The standard InChI is InChI=1S/C10H21ClN2O/c1-4-13(5-2)7-6-12-10(14)9(3)8-11/h9H,4-8H2,1-3H3,(H,12,14). The molecule has 0 fully saturated rings. The van der Waals surface area contributed by atoms with Crippen LogP contribution in [0.15, 0.2) is 0 Å². The summed E-state index contributed by atoms with van der Waals surface area (Å²) in [6.45, 7) is 9.74. The fraction of sp³-hybridized carbons (Fsp3) is 0.900. The third-order valence-corrected chi connectivity index (χ3v) is 2.76. The summed E-state index contributed by atoms with van der Waals surface area (Å²) in [7, 11) is 0. The fourth-order valence-corrected chi connectivity index (χ4v) is 1.26. The number of likely N-dealkylation sites (N-methyl/N-ethyl adjacent to an activating group) is 1. The Hall–Kier alpha value is -0.280. The highest BCUT2D eigenvalue weighted by Crippen LogP contribution is 1.96. The Morgan fingerprint density at radius 1 is 1.43 bits per heavy atom. The molecule has 0 saturated carbocycles. The molecule has 0 aromatic heterocycles. The number of carbonyl (C=O) groups excluding carboxylic acids is 1. The van der Waals surface area contributed by atoms with E-state index in [4.69, 9.17) is 11.6 Å². The number of halogens is 1. The van der Waals surface area contributed by atoms with Crippen molar-refractivity contribution in [3.8, 4) is 0 Å². The molecule has 0 aromatic rings. The van der Waals surface area contributed by atoms with Gasteiger partial charge in [0.25, 0.3) is 0 Å². The minimum absolute atomic E-state index is 0.0483. The number of hydrogen-bond acceptors (Lipinski definition) is 2. The first-order valence-corrected chi connectivity index (χ1v) is 5.75. The zero-order valence-corrected chi connectivity index (χ0v) is 10.1. The maximum atomic E-state index is 11.3. The first-order valence-electron chi connectivity index (χ1n) is 5.21. The Bertz CT molecular complexity index is 160. The van der Waals surface area contributed by atoms with Crippen molar-refractivity contribution >= 4 is 17.5 Å². The molecule has 0 aromatic carbocycles. The predicted molar refractivity (Wildman–Crippen MR) is 60.7 cm³/mol. The van der Waals surface area contributed by atoms with Crippen LogP contribution in [0.3, 0.4) is 0 Å². The smallest absolute Gasteiger partial charge is 0.224 e. The Balaban J connectivity index is 3.57. The average Bonchev–Trinajstić information content (AvgIpc) is 2.22. The maximum Gasteiger partial charge on any atom is 0.224 e. The van der Waals surface area contributed by atoms with E-state index in [9.17, 15) is 4.79 Å². The summed E-state index contributed by atoms with van der Waals surface area (Å²) in [5.41, 5.74) is 0. The number of hydrogen-bond donors (Lipinski definition) is 1. The second-order valence-electron chi connectivity index (χ2n) is 3.37. The van der Waals surface area contributed by atoms with Gasteiger partial charge in [0.2, 0.25) is 5.91 Å². The summed E-state index contributed by atoms with van der Waals surface area (Å²) in [6.07, 6.45) is 0. The molecular weight excluding hydrogens is 200 g/mol. The van der Waals surface area contributed by atoms with E-state index in [0.717, 1.165) is 19.6 Å². The first-order chi connectivity index (χ1) is 6.65. The predicted octanol–water partition coefficient (Wildman–Crippen LogP) is 1.32. The van der Waals surface area contributed by atoms with Gasteiger partial charge in [-0.25, -0.2) is 0 Å². The SMILES string of the molecule is CCN(CC)CCNC(=O)C(C)CCl. The summed E-state index contributed by atoms with van der Waals surface area (Å²) < 4.78 is 0. The molecule has 4 heteroatoms. The summed E-state index contributed by atoms with van der Waals surface area (Å²) >= 11 is 5.57. The Morgan fingerprint density at radius 3 is 2.43 bits per heavy atom. The molecule has 0 aliphatic heterocycles. The van der Waals surface area contributed by atoms with E-state index >= 15 is 0 Å². The minimum atomic E-state index is -0.0895. The molecule has 1 amide bonds. The second kappa shape index (κ2) is 8.06. The topological polar surface area (TPSA) is 32.3 Å². The molecule has 0 rings (SSSR count). The van der Waals surface area contributed by atoms with Gasteiger partial charge in [0.05, 0.1) is 0 Å². The van der Waals surface area contributed by atoms with E-state index < -0.39 is 0 Å². The number of alkyl halides is 1. The molecule has 0 radical (unpaired) electrons. The highest BCUT2D eigenvalue weighted by Gasteiger charge is 2.10. The van der Waals surface area contributed by atoms with Gasteiger partial charge >= 0.3 is 0 Å². The van der Waals surface area contributed by atoms with Crippen molar-refractivity contribution in [1.82, 2.24) is 10.2 Å². The average molecular weight is 221 g/mol. The van der Waals surface area contributed by atoms with E-state index in [1.54, 1.807) is 0 Å². The highest BCUT2D eigenvalue weighted by atomic mass is 35.5. The van der Waals surface area contributed by atoms with Crippen molar-refractivity contribution in [1.29, 1.82) is 0 Å². The number of carbonyl (C=O) groups is 1. The van der Waals surface area contributed by atoms with Crippen LogP contribution < -0.4 is 5.32 Å². The lowest BCUT2D eigenvalue weighted by atomic mass is 10.2. The monoisotopic (exact) mass is 220 g/mol. The molecular formula is C10H21ClN2O. The fourth-order valence-electron chi connectivity index (χ4n) is 1.12. The summed E-state index contributed by atoms with van der Waals surface area (Å²) in [5, 5.41) is 2.87. The van der Waals surface area contributed by atoms with E-state index in [1.807, 2.05) is 6.92 Å². The molecule has 14 heavy (non-hydrogen) atoms. The van der Waals surface area contributed by atoms with E-state index in [-0.39, 0.29) is 11.8 Å². The Kier molecular flexibility index (Phi) is 7.90. The lowest BCUT2D eigenvalue weighted by Gasteiger charge is -2.18. The van der Waals surface area contributed by atoms with Gasteiger partial charge in [0.15, 0.2) is 0 Å². The lowest BCUT2D eigenvalue weighted by Crippen LogP contribution is -2.37. The molecule has 1 unspecified atom stereocenters. The van der Waals surface area contributed by atoms with Gasteiger partial charge in [0.1, 0.15) is 0 Å². The summed E-state index contributed by atoms with van der Waals surface area (Å²) in [6, 6.07) is 0. The van der Waals surface area contributed by atoms with Crippen LogP contribution in [-0.4, -0.2) is 42.9 Å². The number of amides is 1. The summed E-state index contributed by atoms with van der Waals surface area (Å²) in [4.78, 5) is 13.6. The van der Waals surface area contributed by atoms with Crippen molar-refractivity contribution < 1.29 is 4.79 Å². The molecule has 0 heterocycles. The van der Waals surface area contributed by atoms with Gasteiger partial charge in [-0.3, -0.25) is 4.79 Å². The van der Waals surface area contributed by atoms with Crippen LogP contribution in [0.4, 0.5) is 0 Å². The normalized spacial score (nSPS) is 12.9. The lowest BCUT2D eigenvalue weighted by molar-refractivity contribution is -0.123. The maximum absolute atomic E-state index is 11.3. The molecule has 1 N–H and O–H groups in total. The van der Waals surface area contributed by atoms with Crippen LogP contribution in [0.5, 0.6) is 0 Å². The highest BCUT2D eigenvalue weighted by molar-refractivity contribution is 6.19. The van der Waals surface area contributed by atoms with Crippen LogP contribution in [0.2, 0.25) is 0 Å². The second-order valence-corrected chi connectivity index (χ2v) is 3.68. The van der Waals surface area contributed by atoms with E-state index in [2.05, 4.69) is 24.1 Å². The quantitative estimate of drug-likeness (QED) is 0.657. The minimum Gasteiger partial charge on any atom is -0.355 e. The van der Waals surface area contributed by atoms with Crippen LogP contribution in [0.1, 0.15) is 20.8 Å². The van der Waals surface area contributed by atoms with Gasteiger partial charge in [0, 0.05) is 24.9 Å². The Morgan fingerprint density at radius 2 is 2.00 bits per heavy atom. The third-order valence-electron chi connectivity index (χ3n) is 2.30. The Labute approximate surface area is 91.8 Å². The van der Waals surface area contributed by atoms with Crippen LogP contribution in [0, 0.1) is 5.92 Å². The third kappa shape index (κ3) is 5.45. The van der Waals surface area contributed by atoms with Crippen LogP contribution >= 0.6 is 11.6 Å². The number of nitrogens with one attached hydrogen (secondary N) is 1. The molecule has 0 saturated heterocycles. The molecule has 3 nitrogen and oxygen atoms in total. The molecule has 84 valence electrons. The van der Waals surface area contributed by atoms with Crippen molar-refractivity contribution in [3.63, 3.8) is 0 Å². The van der Waals surface area contributed by atoms with Gasteiger partial charge in [-0.15, -0.1) is 11.6 Å². The molecule has 0 aliphatic rings. The van der Waals surface area contributed by atoms with E-state index in [1.165, 1.54) is 0 Å². The molecule has 1 atom stereocenters. The molecule has 0 spiro atoms. The zero-order valence-electron chi connectivity index (χ0n) is 9.35. The van der Waals surface area contributed by atoms with Gasteiger partial charge in [-0.05, 0) is 13.1 Å².